The molecule has 82 valence electrons. The van der Waals surface area contributed by atoms with Crippen LogP contribution in [0.2, 0.25) is 0 Å². The summed E-state index contributed by atoms with van der Waals surface area (Å²) in [5.41, 5.74) is 7.97. The van der Waals surface area contributed by atoms with Gasteiger partial charge in [-0.2, -0.15) is 5.10 Å². The maximum absolute atomic E-state index is 11.5. The molecule has 0 spiro atoms. The van der Waals surface area contributed by atoms with E-state index in [1.54, 1.807) is 16.6 Å². The van der Waals surface area contributed by atoms with Gasteiger partial charge in [-0.1, -0.05) is 0 Å². The van der Waals surface area contributed by atoms with Crippen LogP contribution in [0.3, 0.4) is 0 Å². The summed E-state index contributed by atoms with van der Waals surface area (Å²) in [6.07, 6.45) is 2.37. The molecule has 1 aromatic heterocycles. The van der Waals surface area contributed by atoms with Crippen molar-refractivity contribution in [2.24, 2.45) is 12.8 Å². The molecule has 1 aliphatic rings. The Morgan fingerprint density at radius 2 is 2.20 bits per heavy atom. The number of hydrogen-bond acceptors (Lipinski definition) is 3. The van der Waals surface area contributed by atoms with Gasteiger partial charge in [-0.3, -0.25) is 9.48 Å². The summed E-state index contributed by atoms with van der Waals surface area (Å²) in [7, 11) is 3.67. The lowest BCUT2D eigenvalue weighted by Crippen LogP contribution is -2.30. The average molecular weight is 208 g/mol. The molecule has 0 radical (unpaired) electrons. The van der Waals surface area contributed by atoms with E-state index in [4.69, 9.17) is 5.73 Å². The van der Waals surface area contributed by atoms with Crippen molar-refractivity contribution in [3.8, 4) is 0 Å². The number of aromatic nitrogens is 2. The monoisotopic (exact) mass is 208 g/mol. The fourth-order valence-electron chi connectivity index (χ4n) is 2.25. The standard InChI is InChI=1S/C10H16N4O/c1-6-7(5-13(2)12-6)10-8(11)4-9(15)14(10)3/h5,8,10H,4,11H2,1-3H3/t8-,10+/m1/s1. The summed E-state index contributed by atoms with van der Waals surface area (Å²) in [6.45, 7) is 1.94. The van der Waals surface area contributed by atoms with Gasteiger partial charge in [0, 0.05) is 38.3 Å². The molecule has 0 unspecified atom stereocenters. The van der Waals surface area contributed by atoms with Gasteiger partial charge in [-0.25, -0.2) is 0 Å². The van der Waals surface area contributed by atoms with Crippen molar-refractivity contribution in [1.82, 2.24) is 14.7 Å². The van der Waals surface area contributed by atoms with Crippen molar-refractivity contribution < 1.29 is 4.79 Å². The van der Waals surface area contributed by atoms with E-state index in [-0.39, 0.29) is 18.0 Å². The fourth-order valence-corrected chi connectivity index (χ4v) is 2.25. The van der Waals surface area contributed by atoms with E-state index in [0.717, 1.165) is 11.3 Å². The van der Waals surface area contributed by atoms with E-state index in [1.807, 2.05) is 20.2 Å². The summed E-state index contributed by atoms with van der Waals surface area (Å²) in [4.78, 5) is 13.2. The highest BCUT2D eigenvalue weighted by Gasteiger charge is 2.37. The van der Waals surface area contributed by atoms with Crippen LogP contribution in [0.5, 0.6) is 0 Å². The van der Waals surface area contributed by atoms with Gasteiger partial charge in [-0.15, -0.1) is 0 Å². The molecule has 2 N–H and O–H groups in total. The zero-order chi connectivity index (χ0) is 11.2. The van der Waals surface area contributed by atoms with Crippen molar-refractivity contribution in [3.63, 3.8) is 0 Å². The van der Waals surface area contributed by atoms with Crippen molar-refractivity contribution in [3.05, 3.63) is 17.5 Å². The first-order valence-electron chi connectivity index (χ1n) is 5.02. The van der Waals surface area contributed by atoms with Crippen molar-refractivity contribution in [1.29, 1.82) is 0 Å². The molecule has 1 fully saturated rings. The number of carbonyl (C=O) groups excluding carboxylic acids is 1. The molecule has 1 aromatic rings. The number of carbonyl (C=O) groups is 1. The maximum Gasteiger partial charge on any atom is 0.224 e. The van der Waals surface area contributed by atoms with Gasteiger partial charge in [0.1, 0.15) is 0 Å². The molecular weight excluding hydrogens is 192 g/mol. The Balaban J connectivity index is 2.38. The van der Waals surface area contributed by atoms with Gasteiger partial charge in [0.25, 0.3) is 0 Å². The molecule has 15 heavy (non-hydrogen) atoms. The van der Waals surface area contributed by atoms with Crippen LogP contribution in [-0.2, 0) is 11.8 Å². The highest BCUT2D eigenvalue weighted by atomic mass is 16.2. The third-order valence-electron chi connectivity index (χ3n) is 3.00. The number of hydrogen-bond donors (Lipinski definition) is 1. The van der Waals surface area contributed by atoms with Crippen LogP contribution in [0.1, 0.15) is 23.7 Å². The van der Waals surface area contributed by atoms with Crippen molar-refractivity contribution >= 4 is 5.91 Å². The Morgan fingerprint density at radius 1 is 1.53 bits per heavy atom. The zero-order valence-corrected chi connectivity index (χ0v) is 9.27. The number of nitrogens with two attached hydrogens (primary N) is 1. The van der Waals surface area contributed by atoms with Crippen LogP contribution < -0.4 is 5.73 Å². The first-order valence-corrected chi connectivity index (χ1v) is 5.02. The van der Waals surface area contributed by atoms with Crippen LogP contribution >= 0.6 is 0 Å². The van der Waals surface area contributed by atoms with Gasteiger partial charge >= 0.3 is 0 Å². The van der Waals surface area contributed by atoms with Gasteiger partial charge in [-0.05, 0) is 6.92 Å². The van der Waals surface area contributed by atoms with Crippen LogP contribution in [0, 0.1) is 6.92 Å². The second-order valence-corrected chi connectivity index (χ2v) is 4.16. The molecule has 0 aliphatic carbocycles. The highest BCUT2D eigenvalue weighted by molar-refractivity contribution is 5.80. The van der Waals surface area contributed by atoms with Gasteiger partial charge in [0.15, 0.2) is 0 Å². The van der Waals surface area contributed by atoms with Gasteiger partial charge in [0.2, 0.25) is 5.91 Å². The smallest absolute Gasteiger partial charge is 0.224 e. The molecular formula is C10H16N4O. The Bertz CT molecular complexity index is 398. The first kappa shape index (κ1) is 10.2. The highest BCUT2D eigenvalue weighted by Crippen LogP contribution is 2.31. The molecule has 1 aliphatic heterocycles. The molecule has 2 rings (SSSR count). The minimum Gasteiger partial charge on any atom is -0.337 e. The molecule has 2 atom stereocenters. The minimum absolute atomic E-state index is 0.0220. The Kier molecular flexibility index (Phi) is 2.26. The quantitative estimate of drug-likeness (QED) is 0.704. The first-order chi connectivity index (χ1) is 7.00. The lowest BCUT2D eigenvalue weighted by molar-refractivity contribution is -0.127. The van der Waals surface area contributed by atoms with Crippen molar-refractivity contribution in [2.45, 2.75) is 25.4 Å². The van der Waals surface area contributed by atoms with E-state index in [1.165, 1.54) is 0 Å². The molecule has 0 bridgehead atoms. The van der Waals surface area contributed by atoms with E-state index in [9.17, 15) is 4.79 Å². The third-order valence-corrected chi connectivity index (χ3v) is 3.00. The second-order valence-electron chi connectivity index (χ2n) is 4.16. The summed E-state index contributed by atoms with van der Waals surface area (Å²) in [5, 5.41) is 4.27. The number of nitrogens with zero attached hydrogens (tertiary/aromatic N) is 3. The average Bonchev–Trinajstić information content (AvgIpc) is 2.56. The van der Waals surface area contributed by atoms with Crippen LogP contribution in [0.4, 0.5) is 0 Å². The summed E-state index contributed by atoms with van der Waals surface area (Å²) in [5.74, 6) is 0.107. The lowest BCUT2D eigenvalue weighted by Gasteiger charge is -2.22. The molecule has 0 aromatic carbocycles. The fraction of sp³-hybridized carbons (Fsp3) is 0.600. The Labute approximate surface area is 88.8 Å². The molecule has 0 saturated carbocycles. The predicted molar refractivity (Wildman–Crippen MR) is 56.0 cm³/mol. The van der Waals surface area contributed by atoms with E-state index in [2.05, 4.69) is 5.10 Å². The summed E-state index contributed by atoms with van der Waals surface area (Å²) < 4.78 is 1.76. The normalized spacial score (nSPS) is 26.4. The maximum atomic E-state index is 11.5. The molecule has 5 heteroatoms. The molecule has 5 nitrogen and oxygen atoms in total. The van der Waals surface area contributed by atoms with E-state index < -0.39 is 0 Å². The third kappa shape index (κ3) is 1.52. The Morgan fingerprint density at radius 3 is 2.60 bits per heavy atom. The van der Waals surface area contributed by atoms with E-state index >= 15 is 0 Å². The number of rotatable bonds is 1. The zero-order valence-electron chi connectivity index (χ0n) is 9.27. The minimum atomic E-state index is -0.120. The number of amides is 1. The SMILES string of the molecule is Cc1nn(C)cc1[C@H]1[C@H](N)CC(=O)N1C. The predicted octanol–water partition coefficient (Wildman–Crippen LogP) is -0.0410. The van der Waals surface area contributed by atoms with E-state index in [0.29, 0.717) is 6.42 Å². The number of likely N-dealkylation sites (N-methyl/N-ethyl adjacent to an activating group) is 1. The second kappa shape index (κ2) is 3.34. The van der Waals surface area contributed by atoms with Gasteiger partial charge < -0.3 is 10.6 Å². The van der Waals surface area contributed by atoms with Crippen LogP contribution in [0.15, 0.2) is 6.20 Å². The van der Waals surface area contributed by atoms with Crippen molar-refractivity contribution in [2.75, 3.05) is 7.05 Å². The largest absolute Gasteiger partial charge is 0.337 e. The van der Waals surface area contributed by atoms with Crippen LogP contribution in [0.25, 0.3) is 0 Å². The van der Waals surface area contributed by atoms with Gasteiger partial charge in [0.05, 0.1) is 11.7 Å². The number of aryl methyl sites for hydroxylation is 2. The summed E-state index contributed by atoms with van der Waals surface area (Å²) in [6, 6.07) is -0.142. The number of likely N-dealkylation sites (tertiary alicyclic amines) is 1. The van der Waals surface area contributed by atoms with Crippen LogP contribution in [-0.4, -0.2) is 33.7 Å². The Hall–Kier alpha value is -1.36. The lowest BCUT2D eigenvalue weighted by atomic mass is 10.0. The molecule has 2 heterocycles. The molecule has 1 saturated heterocycles. The summed E-state index contributed by atoms with van der Waals surface area (Å²) >= 11 is 0. The molecule has 1 amide bonds. The topological polar surface area (TPSA) is 64.2 Å².